The Morgan fingerprint density at radius 3 is 2.78 bits per heavy atom. The van der Waals surface area contributed by atoms with Gasteiger partial charge >= 0.3 is 5.97 Å². The van der Waals surface area contributed by atoms with Crippen LogP contribution in [0.4, 0.5) is 0 Å². The summed E-state index contributed by atoms with van der Waals surface area (Å²) in [5.41, 5.74) is 2.44. The van der Waals surface area contributed by atoms with E-state index >= 15 is 0 Å². The monoisotopic (exact) mass is 313 g/mol. The van der Waals surface area contributed by atoms with E-state index in [1.54, 1.807) is 6.07 Å². The molecule has 1 aromatic carbocycles. The van der Waals surface area contributed by atoms with E-state index in [0.717, 1.165) is 29.7 Å². The molecule has 0 saturated heterocycles. The predicted molar refractivity (Wildman–Crippen MR) is 84.0 cm³/mol. The van der Waals surface area contributed by atoms with Crippen LogP contribution in [0, 0.1) is 24.7 Å². The molecule has 2 aliphatic rings. The van der Waals surface area contributed by atoms with Crippen molar-refractivity contribution >= 4 is 22.9 Å². The molecule has 0 bridgehead atoms. The normalized spacial score (nSPS) is 28.6. The summed E-state index contributed by atoms with van der Waals surface area (Å²) in [7, 11) is 1.93. The van der Waals surface area contributed by atoms with Gasteiger partial charge in [0.25, 0.3) is 5.91 Å². The van der Waals surface area contributed by atoms with E-state index < -0.39 is 5.97 Å². The molecule has 6 heteroatoms. The van der Waals surface area contributed by atoms with Crippen LogP contribution in [0.1, 0.15) is 29.0 Å². The summed E-state index contributed by atoms with van der Waals surface area (Å²) in [6.45, 7) is 1.93. The van der Waals surface area contributed by atoms with Crippen molar-refractivity contribution in [2.45, 2.75) is 25.8 Å². The Kier molecular flexibility index (Phi) is 2.98. The third-order valence-corrected chi connectivity index (χ3v) is 5.23. The van der Waals surface area contributed by atoms with Gasteiger partial charge in [0.05, 0.1) is 17.0 Å². The molecule has 0 radical (unpaired) electrons. The molecule has 120 valence electrons. The second-order valence-corrected chi connectivity index (χ2v) is 6.75. The summed E-state index contributed by atoms with van der Waals surface area (Å²) < 4.78 is 1.97. The Labute approximate surface area is 133 Å². The lowest BCUT2D eigenvalue weighted by atomic mass is 10.1. The number of aryl methyl sites for hydroxylation is 2. The molecule has 4 atom stereocenters. The second kappa shape index (κ2) is 4.81. The largest absolute Gasteiger partial charge is 0.481 e. The molecule has 2 aliphatic carbocycles. The molecule has 0 spiro atoms. The fraction of sp³-hybridized carbons (Fsp3) is 0.471. The molecule has 0 aliphatic heterocycles. The topological polar surface area (TPSA) is 84.2 Å². The number of rotatable bonds is 4. The van der Waals surface area contributed by atoms with E-state index in [1.165, 1.54) is 0 Å². The summed E-state index contributed by atoms with van der Waals surface area (Å²) in [5.74, 6) is 0.501. The summed E-state index contributed by atoms with van der Waals surface area (Å²) in [4.78, 5) is 27.8. The van der Waals surface area contributed by atoms with E-state index in [2.05, 4.69) is 10.3 Å². The number of fused-ring (bicyclic) bond motifs is 1. The van der Waals surface area contributed by atoms with Gasteiger partial charge in [-0.25, -0.2) is 4.98 Å². The van der Waals surface area contributed by atoms with Gasteiger partial charge in [-0.1, -0.05) is 0 Å². The third-order valence-electron chi connectivity index (χ3n) is 5.23. The molecule has 2 N–H and O–H groups in total. The first-order valence-electron chi connectivity index (χ1n) is 7.92. The number of carboxylic acid groups (broad SMARTS) is 1. The molecule has 0 unspecified atom stereocenters. The maximum absolute atomic E-state index is 12.4. The molecular weight excluding hydrogens is 294 g/mol. The highest BCUT2D eigenvalue weighted by Gasteiger charge is 2.56. The van der Waals surface area contributed by atoms with Gasteiger partial charge in [0.1, 0.15) is 5.82 Å². The van der Waals surface area contributed by atoms with E-state index in [-0.39, 0.29) is 23.8 Å². The number of aromatic nitrogens is 2. The van der Waals surface area contributed by atoms with E-state index in [9.17, 15) is 9.59 Å². The molecule has 4 rings (SSSR count). The fourth-order valence-corrected chi connectivity index (χ4v) is 3.53. The highest BCUT2D eigenvalue weighted by atomic mass is 16.4. The van der Waals surface area contributed by atoms with Crippen LogP contribution >= 0.6 is 0 Å². The van der Waals surface area contributed by atoms with Gasteiger partial charge in [0.15, 0.2) is 0 Å². The number of carboxylic acids is 1. The summed E-state index contributed by atoms with van der Waals surface area (Å²) in [6, 6.07) is 5.64. The van der Waals surface area contributed by atoms with Crippen LogP contribution in [0.15, 0.2) is 18.2 Å². The average Bonchev–Trinajstić information content (AvgIpc) is 3.39. The van der Waals surface area contributed by atoms with Gasteiger partial charge in [-0.3, -0.25) is 9.59 Å². The number of benzene rings is 1. The molecule has 2 aromatic rings. The minimum atomic E-state index is -0.705. The molecule has 23 heavy (non-hydrogen) atoms. The van der Waals surface area contributed by atoms with Crippen LogP contribution in [-0.4, -0.2) is 32.6 Å². The molecule has 1 aromatic heterocycles. The lowest BCUT2D eigenvalue weighted by Crippen LogP contribution is -2.27. The number of hydrogen-bond acceptors (Lipinski definition) is 3. The number of carbonyl (C=O) groups is 2. The van der Waals surface area contributed by atoms with Crippen LogP contribution in [0.2, 0.25) is 0 Å². The van der Waals surface area contributed by atoms with Crippen molar-refractivity contribution in [2.24, 2.45) is 24.8 Å². The first kappa shape index (κ1) is 14.2. The lowest BCUT2D eigenvalue weighted by Gasteiger charge is -2.05. The Hall–Kier alpha value is -2.37. The number of amides is 1. The average molecular weight is 313 g/mol. The zero-order valence-electron chi connectivity index (χ0n) is 13.1. The quantitative estimate of drug-likeness (QED) is 0.900. The number of nitrogens with one attached hydrogen (secondary N) is 1. The predicted octanol–water partition coefficient (Wildman–Crippen LogP) is 1.72. The molecular formula is C17H19N3O3. The summed E-state index contributed by atoms with van der Waals surface area (Å²) in [6.07, 6.45) is 1.65. The highest BCUT2D eigenvalue weighted by Crippen LogP contribution is 2.54. The molecule has 2 fully saturated rings. The van der Waals surface area contributed by atoms with E-state index in [1.807, 2.05) is 30.7 Å². The van der Waals surface area contributed by atoms with Gasteiger partial charge in [-0.15, -0.1) is 0 Å². The van der Waals surface area contributed by atoms with Gasteiger partial charge in [-0.2, -0.15) is 0 Å². The molecule has 2 saturated carbocycles. The van der Waals surface area contributed by atoms with Gasteiger partial charge in [0.2, 0.25) is 0 Å². The summed E-state index contributed by atoms with van der Waals surface area (Å²) >= 11 is 0. The van der Waals surface area contributed by atoms with Crippen molar-refractivity contribution < 1.29 is 14.7 Å². The van der Waals surface area contributed by atoms with Crippen LogP contribution < -0.4 is 5.32 Å². The lowest BCUT2D eigenvalue weighted by molar-refractivity contribution is -0.138. The van der Waals surface area contributed by atoms with Crippen LogP contribution in [-0.2, 0) is 11.8 Å². The maximum atomic E-state index is 12.4. The van der Waals surface area contributed by atoms with Crippen LogP contribution in [0.25, 0.3) is 11.0 Å². The second-order valence-electron chi connectivity index (χ2n) is 6.75. The fourth-order valence-electron chi connectivity index (χ4n) is 3.53. The van der Waals surface area contributed by atoms with Gasteiger partial charge in [0, 0.05) is 18.7 Å². The van der Waals surface area contributed by atoms with Crippen molar-refractivity contribution in [3.8, 4) is 0 Å². The third kappa shape index (κ3) is 2.38. The zero-order chi connectivity index (χ0) is 16.3. The van der Waals surface area contributed by atoms with E-state index in [4.69, 9.17) is 5.11 Å². The first-order valence-corrected chi connectivity index (χ1v) is 7.92. The number of imidazole rings is 1. The van der Waals surface area contributed by atoms with Gasteiger partial charge < -0.3 is 15.0 Å². The first-order chi connectivity index (χ1) is 11.0. The minimum absolute atomic E-state index is 0.0919. The Morgan fingerprint density at radius 1 is 1.30 bits per heavy atom. The standard InChI is InChI=1S/C17H19N3O3/c1-8-18-13-4-3-9(5-15(13)20(8)2)16(21)19-14-7-11(14)10-6-12(10)17(22)23/h3-5,10-12,14H,6-7H2,1-2H3,(H,19,21)(H,22,23)/t10-,11+,12-,14+/m0/s1. The number of hydrogen-bond donors (Lipinski definition) is 2. The van der Waals surface area contributed by atoms with Crippen molar-refractivity contribution in [1.29, 1.82) is 0 Å². The smallest absolute Gasteiger partial charge is 0.306 e. The van der Waals surface area contributed by atoms with Crippen molar-refractivity contribution in [1.82, 2.24) is 14.9 Å². The zero-order valence-corrected chi connectivity index (χ0v) is 13.1. The Morgan fingerprint density at radius 2 is 2.09 bits per heavy atom. The molecule has 1 amide bonds. The SMILES string of the molecule is Cc1nc2ccc(C(=O)N[C@@H]3C[C@@H]3[C@@H]3C[C@@H]3C(=O)O)cc2n1C. The maximum Gasteiger partial charge on any atom is 0.306 e. The molecule has 6 nitrogen and oxygen atoms in total. The number of nitrogens with zero attached hydrogens (tertiary/aromatic N) is 2. The molecule has 1 heterocycles. The summed E-state index contributed by atoms with van der Waals surface area (Å²) in [5, 5.41) is 12.0. The van der Waals surface area contributed by atoms with Crippen molar-refractivity contribution in [3.63, 3.8) is 0 Å². The van der Waals surface area contributed by atoms with E-state index in [0.29, 0.717) is 11.5 Å². The number of carbonyl (C=O) groups excluding carboxylic acids is 1. The van der Waals surface area contributed by atoms with Crippen LogP contribution in [0.5, 0.6) is 0 Å². The Bertz CT molecular complexity index is 826. The van der Waals surface area contributed by atoms with Gasteiger partial charge in [-0.05, 0) is 49.8 Å². The van der Waals surface area contributed by atoms with Crippen molar-refractivity contribution in [2.75, 3.05) is 0 Å². The Balaban J connectivity index is 1.44. The van der Waals surface area contributed by atoms with Crippen LogP contribution in [0.3, 0.4) is 0 Å². The minimum Gasteiger partial charge on any atom is -0.481 e. The highest BCUT2D eigenvalue weighted by molar-refractivity contribution is 5.97. The van der Waals surface area contributed by atoms with Crippen molar-refractivity contribution in [3.05, 3.63) is 29.6 Å². The number of aliphatic carboxylic acids is 1.